The molecule has 6 rings (SSSR count). The second-order valence-electron chi connectivity index (χ2n) is 9.99. The molecule has 0 fully saturated rings. The van der Waals surface area contributed by atoms with E-state index in [1.807, 2.05) is 24.3 Å². The molecule has 0 radical (unpaired) electrons. The number of aromatic nitrogens is 6. The molecule has 17 heteroatoms. The van der Waals surface area contributed by atoms with Gasteiger partial charge < -0.3 is 20.1 Å². The lowest BCUT2D eigenvalue weighted by Crippen LogP contribution is -2.17. The Morgan fingerprint density at radius 3 is 1.82 bits per heavy atom. The summed E-state index contributed by atoms with van der Waals surface area (Å²) in [6, 6.07) is 18.0. The maximum atomic E-state index is 11.8. The van der Waals surface area contributed by atoms with Crippen molar-refractivity contribution in [2.75, 3.05) is 38.9 Å². The number of benzene rings is 2. The van der Waals surface area contributed by atoms with Crippen molar-refractivity contribution in [1.82, 2.24) is 39.8 Å². The normalized spacial score (nSPS) is 10.5. The Labute approximate surface area is 287 Å². The van der Waals surface area contributed by atoms with E-state index in [9.17, 15) is 19.2 Å². The average Bonchev–Trinajstić information content (AvgIpc) is 3.69. The van der Waals surface area contributed by atoms with E-state index in [0.29, 0.717) is 38.7 Å². The number of imidazole rings is 2. The number of ether oxygens (including phenoxy) is 2. The number of carbonyl (C=O) groups is 4. The number of rotatable bonds is 6. The predicted octanol–water partition coefficient (Wildman–Crippen LogP) is 4.63. The van der Waals surface area contributed by atoms with Crippen LogP contribution in [0.4, 0.5) is 21.2 Å². The number of halogens is 1. The van der Waals surface area contributed by atoms with Crippen molar-refractivity contribution in [1.29, 1.82) is 0 Å². The van der Waals surface area contributed by atoms with Crippen molar-refractivity contribution in [3.8, 4) is 22.3 Å². The van der Waals surface area contributed by atoms with E-state index in [-0.39, 0.29) is 11.8 Å². The third-order valence-electron chi connectivity index (χ3n) is 6.93. The maximum Gasteiger partial charge on any atom is 0.412 e. The van der Waals surface area contributed by atoms with Crippen molar-refractivity contribution in [3.63, 3.8) is 0 Å². The number of methoxy groups -OCH3 is 2. The molecule has 4 N–H and O–H groups in total. The molecule has 0 aliphatic rings. The number of nitrogens with one attached hydrogen (secondary N) is 4. The smallest absolute Gasteiger partial charge is 0.412 e. The highest BCUT2D eigenvalue weighted by molar-refractivity contribution is 9.10. The molecule has 0 aliphatic heterocycles. The third-order valence-corrected chi connectivity index (χ3v) is 7.64. The van der Waals surface area contributed by atoms with Crippen molar-refractivity contribution in [3.05, 3.63) is 95.0 Å². The Bertz CT molecular complexity index is 2200. The Kier molecular flexibility index (Phi) is 10.4. The first-order chi connectivity index (χ1) is 23.6. The number of fused-ring (bicyclic) bond motifs is 2. The van der Waals surface area contributed by atoms with Crippen LogP contribution in [0.5, 0.6) is 0 Å². The van der Waals surface area contributed by atoms with Gasteiger partial charge in [-0.25, -0.2) is 28.6 Å². The van der Waals surface area contributed by atoms with Gasteiger partial charge in [-0.2, -0.15) is 10.2 Å². The average molecular weight is 730 g/mol. The van der Waals surface area contributed by atoms with Gasteiger partial charge in [0.25, 0.3) is 11.8 Å². The lowest BCUT2D eigenvalue weighted by atomic mass is 10.0. The van der Waals surface area contributed by atoms with Crippen molar-refractivity contribution in [2.45, 2.75) is 0 Å². The van der Waals surface area contributed by atoms with Crippen LogP contribution in [0.1, 0.15) is 20.7 Å². The van der Waals surface area contributed by atoms with E-state index in [0.717, 1.165) is 22.3 Å². The Balaban J connectivity index is 0.000000191. The van der Waals surface area contributed by atoms with Gasteiger partial charge >= 0.3 is 12.2 Å². The second-order valence-corrected chi connectivity index (χ2v) is 10.7. The van der Waals surface area contributed by atoms with Crippen LogP contribution >= 0.6 is 15.9 Å². The summed E-state index contributed by atoms with van der Waals surface area (Å²) in [5, 5.41) is 18.8. The van der Waals surface area contributed by atoms with Gasteiger partial charge in [0.1, 0.15) is 0 Å². The molecule has 0 unspecified atom stereocenters. The lowest BCUT2D eigenvalue weighted by molar-refractivity contribution is 0.0955. The van der Waals surface area contributed by atoms with Crippen LogP contribution in [0.3, 0.4) is 0 Å². The second kappa shape index (κ2) is 15.0. The molecule has 4 heterocycles. The van der Waals surface area contributed by atoms with Crippen LogP contribution in [-0.4, -0.2) is 81.5 Å². The number of carbonyl (C=O) groups excluding carboxylic acids is 4. The molecule has 49 heavy (non-hydrogen) atoms. The van der Waals surface area contributed by atoms with Gasteiger partial charge in [0, 0.05) is 36.3 Å². The van der Waals surface area contributed by atoms with E-state index in [2.05, 4.69) is 66.8 Å². The molecule has 0 saturated heterocycles. The molecular formula is C32H29BrN10O6. The summed E-state index contributed by atoms with van der Waals surface area (Å²) in [7, 11) is 5.72. The molecule has 0 saturated carbocycles. The predicted molar refractivity (Wildman–Crippen MR) is 183 cm³/mol. The van der Waals surface area contributed by atoms with Crippen LogP contribution in [0.25, 0.3) is 33.5 Å². The first-order valence-corrected chi connectivity index (χ1v) is 15.2. The minimum atomic E-state index is -0.623. The number of hydrogen-bond donors (Lipinski definition) is 4. The van der Waals surface area contributed by atoms with Gasteiger partial charge in [-0.15, -0.1) is 0 Å². The standard InChI is InChI=1S/C16H14BrN5O3.C16H15N5O3/c1-18-15(23)10-5-3-4-9(6-10)11-7-12-20-14(21-16(24)25-2)13(17)22(12)19-8-11;1-17-15(22)11-5-3-4-10(6-11)12-7-14-19-13(20-16(23)24-2)9-21(14)18-8-12/h3-8H,1-2H3,(H,18,23)(H,21,24);3-9H,1-2H3,(H,17,22)(H,20,23). The van der Waals surface area contributed by atoms with Gasteiger partial charge in [-0.1, -0.05) is 24.3 Å². The quantitative estimate of drug-likeness (QED) is 0.188. The van der Waals surface area contributed by atoms with E-state index in [1.165, 1.54) is 23.3 Å². The third kappa shape index (κ3) is 7.79. The van der Waals surface area contributed by atoms with Crippen LogP contribution < -0.4 is 21.3 Å². The summed E-state index contributed by atoms with van der Waals surface area (Å²) in [6.45, 7) is 0. The van der Waals surface area contributed by atoms with E-state index in [4.69, 9.17) is 0 Å². The summed E-state index contributed by atoms with van der Waals surface area (Å²) in [5.41, 5.74) is 5.48. The Hall–Kier alpha value is -6.36. The van der Waals surface area contributed by atoms with E-state index in [1.54, 1.807) is 69.1 Å². The zero-order valence-electron chi connectivity index (χ0n) is 26.5. The van der Waals surface area contributed by atoms with Crippen LogP contribution in [-0.2, 0) is 9.47 Å². The lowest BCUT2D eigenvalue weighted by Gasteiger charge is -2.05. The van der Waals surface area contributed by atoms with E-state index >= 15 is 0 Å². The first-order valence-electron chi connectivity index (χ1n) is 14.4. The largest absolute Gasteiger partial charge is 0.453 e. The number of amides is 4. The van der Waals surface area contributed by atoms with Crippen molar-refractivity contribution in [2.24, 2.45) is 0 Å². The number of nitrogens with zero attached hydrogens (tertiary/aromatic N) is 6. The van der Waals surface area contributed by atoms with Gasteiger partial charge in [0.2, 0.25) is 0 Å². The highest BCUT2D eigenvalue weighted by atomic mass is 79.9. The molecule has 250 valence electrons. The van der Waals surface area contributed by atoms with Crippen LogP contribution in [0.15, 0.2) is 83.9 Å². The van der Waals surface area contributed by atoms with Crippen molar-refractivity contribution < 1.29 is 28.7 Å². The fourth-order valence-corrected chi connectivity index (χ4v) is 4.97. The molecule has 6 aromatic rings. The minimum Gasteiger partial charge on any atom is -0.453 e. The SMILES string of the molecule is CNC(=O)c1cccc(-c2cnn3c(Br)c(NC(=O)OC)nc3c2)c1.CNC(=O)c1cccc(-c2cnn3cc(NC(=O)OC)nc3c2)c1. The van der Waals surface area contributed by atoms with Crippen molar-refractivity contribution >= 4 is 62.9 Å². The van der Waals surface area contributed by atoms with Crippen LogP contribution in [0.2, 0.25) is 0 Å². The van der Waals surface area contributed by atoms with Crippen LogP contribution in [0, 0.1) is 0 Å². The first kappa shape index (κ1) is 34.0. The molecule has 0 aliphatic carbocycles. The fourth-order valence-electron chi connectivity index (χ4n) is 4.51. The Morgan fingerprint density at radius 1 is 0.694 bits per heavy atom. The summed E-state index contributed by atoms with van der Waals surface area (Å²) in [6.07, 6.45) is 3.68. The molecule has 4 aromatic heterocycles. The molecule has 0 spiro atoms. The number of anilines is 2. The molecule has 0 atom stereocenters. The molecule has 16 nitrogen and oxygen atoms in total. The summed E-state index contributed by atoms with van der Waals surface area (Å²) >= 11 is 3.35. The topological polar surface area (TPSA) is 195 Å². The maximum absolute atomic E-state index is 11.8. The molecule has 4 amide bonds. The highest BCUT2D eigenvalue weighted by Gasteiger charge is 2.15. The monoisotopic (exact) mass is 728 g/mol. The summed E-state index contributed by atoms with van der Waals surface area (Å²) in [5.74, 6) is 0.321. The van der Waals surface area contributed by atoms with Gasteiger partial charge in [-0.3, -0.25) is 20.2 Å². The van der Waals surface area contributed by atoms with Gasteiger partial charge in [0.15, 0.2) is 27.5 Å². The fraction of sp³-hybridized carbons (Fsp3) is 0.125. The zero-order chi connectivity index (χ0) is 35.1. The summed E-state index contributed by atoms with van der Waals surface area (Å²) < 4.78 is 12.7. The Morgan fingerprint density at radius 2 is 1.24 bits per heavy atom. The zero-order valence-corrected chi connectivity index (χ0v) is 28.1. The molecule has 2 aromatic carbocycles. The minimum absolute atomic E-state index is 0.156. The van der Waals surface area contributed by atoms with E-state index < -0.39 is 12.2 Å². The highest BCUT2D eigenvalue weighted by Crippen LogP contribution is 2.27. The number of hydrogen-bond acceptors (Lipinski definition) is 10. The van der Waals surface area contributed by atoms with Gasteiger partial charge in [-0.05, 0) is 63.5 Å². The van der Waals surface area contributed by atoms with Gasteiger partial charge in [0.05, 0.1) is 32.8 Å². The molecule has 0 bridgehead atoms. The summed E-state index contributed by atoms with van der Waals surface area (Å²) in [4.78, 5) is 54.7. The molecular weight excluding hydrogens is 700 g/mol.